The van der Waals surface area contributed by atoms with Gasteiger partial charge in [0.15, 0.2) is 11.5 Å². The number of unbranched alkanes of at least 4 members (excludes halogenated alkanes) is 12. The molecule has 0 N–H and O–H groups in total. The van der Waals surface area contributed by atoms with E-state index in [0.29, 0.717) is 11.5 Å². The van der Waals surface area contributed by atoms with Gasteiger partial charge < -0.3 is 0 Å². The first kappa shape index (κ1) is 31.7. The Hall–Kier alpha value is -1.35. The molecule has 0 aliphatic rings. The summed E-state index contributed by atoms with van der Waals surface area (Å²) < 4.78 is 23.3. The molecule has 0 aromatic heterocycles. The van der Waals surface area contributed by atoms with Crippen LogP contribution in [0.3, 0.4) is 0 Å². The van der Waals surface area contributed by atoms with Crippen LogP contribution in [0.25, 0.3) is 0 Å². The average molecular weight is 545 g/mol. The summed E-state index contributed by atoms with van der Waals surface area (Å²) in [5.74, 6) is 1.17. The summed E-state index contributed by atoms with van der Waals surface area (Å²) in [6.07, 6.45) is 20.6. The predicted octanol–water partition coefficient (Wildman–Crippen LogP) is 10.4. The molecule has 0 atom stereocenters. The fraction of sp³-hybridized carbons (Fsp3) is 0.600. The first-order chi connectivity index (χ1) is 16.7. The van der Waals surface area contributed by atoms with Gasteiger partial charge in [-0.3, -0.25) is 0 Å². The van der Waals surface area contributed by atoms with E-state index in [-0.39, 0.29) is 16.8 Å². The smallest absolute Gasteiger partial charge is 0.222 e. The maximum absolute atomic E-state index is 12.3. The summed E-state index contributed by atoms with van der Waals surface area (Å²) in [5.41, 5.74) is 2.60. The third-order valence-corrected chi connectivity index (χ3v) is 7.06. The van der Waals surface area contributed by atoms with Crippen LogP contribution in [0.4, 0.5) is 0 Å². The third-order valence-electron chi connectivity index (χ3n) is 6.34. The molecule has 0 fully saturated rings. The van der Waals surface area contributed by atoms with Crippen molar-refractivity contribution in [3.05, 3.63) is 59.7 Å². The van der Waals surface area contributed by atoms with Crippen molar-refractivity contribution in [3.63, 3.8) is 0 Å². The fourth-order valence-corrected chi connectivity index (χ4v) is 4.82. The van der Waals surface area contributed by atoms with Crippen LogP contribution in [0, 0.1) is 0 Å². The summed E-state index contributed by atoms with van der Waals surface area (Å²) in [7, 11) is -2.24. The van der Waals surface area contributed by atoms with E-state index in [1.54, 1.807) is 0 Å². The Morgan fingerprint density at radius 3 is 1.17 bits per heavy atom. The van der Waals surface area contributed by atoms with Crippen LogP contribution in [-0.4, -0.2) is 0 Å². The number of aryl methyl sites for hydroxylation is 2. The van der Waals surface area contributed by atoms with Crippen LogP contribution in [0.2, 0.25) is 0 Å². The molecule has 194 valence electrons. The van der Waals surface area contributed by atoms with E-state index >= 15 is 0 Å². The predicted molar refractivity (Wildman–Crippen MR) is 145 cm³/mol. The van der Waals surface area contributed by atoms with Crippen LogP contribution in [0.15, 0.2) is 48.5 Å². The molecule has 0 aliphatic carbocycles. The molecule has 0 saturated heterocycles. The second-order valence-corrected chi connectivity index (χ2v) is 10.2. The molecule has 3 nitrogen and oxygen atoms in total. The SMILES string of the molecule is CCCCCCCCCc1ccc(O[P+](=O)Oc2ccc(CCCCCCCCC)cc2)cc1.[Co+3]. The Bertz CT molecular complexity index is 712. The average Bonchev–Trinajstić information content (AvgIpc) is 2.85. The quantitative estimate of drug-likeness (QED) is 0.123. The second kappa shape index (κ2) is 20.8. The zero-order valence-corrected chi connectivity index (χ0v) is 23.9. The maximum atomic E-state index is 12.3. The van der Waals surface area contributed by atoms with Crippen molar-refractivity contribution in [2.75, 3.05) is 0 Å². The van der Waals surface area contributed by atoms with Crippen molar-refractivity contribution in [1.29, 1.82) is 0 Å². The molecule has 0 heterocycles. The van der Waals surface area contributed by atoms with Gasteiger partial charge >= 0.3 is 25.0 Å². The molecule has 0 saturated carbocycles. The zero-order chi connectivity index (χ0) is 24.3. The zero-order valence-electron chi connectivity index (χ0n) is 21.9. The van der Waals surface area contributed by atoms with Gasteiger partial charge in [-0.25, -0.2) is 9.05 Å². The van der Waals surface area contributed by atoms with Gasteiger partial charge in [-0.2, -0.15) is 0 Å². The van der Waals surface area contributed by atoms with E-state index in [1.807, 2.05) is 24.3 Å². The summed E-state index contributed by atoms with van der Waals surface area (Å²) in [5, 5.41) is 0. The Labute approximate surface area is 225 Å². The monoisotopic (exact) mass is 544 g/mol. The molecule has 0 unspecified atom stereocenters. The Morgan fingerprint density at radius 1 is 0.514 bits per heavy atom. The summed E-state index contributed by atoms with van der Waals surface area (Å²) in [4.78, 5) is 0. The van der Waals surface area contributed by atoms with Crippen molar-refractivity contribution in [3.8, 4) is 11.5 Å². The van der Waals surface area contributed by atoms with Crippen molar-refractivity contribution in [2.24, 2.45) is 0 Å². The van der Waals surface area contributed by atoms with Crippen molar-refractivity contribution >= 4 is 8.25 Å². The summed E-state index contributed by atoms with van der Waals surface area (Å²) in [6.45, 7) is 4.51. The topological polar surface area (TPSA) is 35.5 Å². The molecule has 0 bridgehead atoms. The standard InChI is InChI=1S/C30H46O3P.Co/c1-3-5-7-9-11-13-15-17-27-19-23-29(24-20-27)32-34(31)33-30-25-21-28(22-26-30)18-16-14-12-10-8-6-4-2;/h19-26H,3-18H2,1-2H3;/q+1;+3. The normalized spacial score (nSPS) is 10.6. The van der Waals surface area contributed by atoms with Gasteiger partial charge in [-0.05, 0) is 61.1 Å². The van der Waals surface area contributed by atoms with E-state index in [1.165, 1.54) is 101 Å². The van der Waals surface area contributed by atoms with Gasteiger partial charge in [-0.1, -0.05) is 115 Å². The maximum Gasteiger partial charge on any atom is 3.00 e. The van der Waals surface area contributed by atoms with Crippen LogP contribution in [0.1, 0.15) is 115 Å². The fourth-order valence-electron chi connectivity index (χ4n) is 4.20. The van der Waals surface area contributed by atoms with Gasteiger partial charge in [0.05, 0.1) is 0 Å². The van der Waals surface area contributed by atoms with Gasteiger partial charge in [0.25, 0.3) is 0 Å². The molecule has 2 aromatic rings. The van der Waals surface area contributed by atoms with E-state index < -0.39 is 8.25 Å². The van der Waals surface area contributed by atoms with Crippen LogP contribution >= 0.6 is 8.25 Å². The number of rotatable bonds is 20. The van der Waals surface area contributed by atoms with Crippen molar-refractivity contribution in [1.82, 2.24) is 0 Å². The number of hydrogen-bond acceptors (Lipinski definition) is 3. The summed E-state index contributed by atoms with van der Waals surface area (Å²) in [6, 6.07) is 15.8. The molecule has 2 rings (SSSR count). The third kappa shape index (κ3) is 15.4. The van der Waals surface area contributed by atoms with Crippen molar-refractivity contribution in [2.45, 2.75) is 117 Å². The molecule has 0 radical (unpaired) electrons. The minimum absolute atomic E-state index is 0. The number of benzene rings is 2. The largest absolute Gasteiger partial charge is 3.00 e. The van der Waals surface area contributed by atoms with Gasteiger partial charge in [0.1, 0.15) is 0 Å². The molecule has 0 spiro atoms. The van der Waals surface area contributed by atoms with E-state index in [0.717, 1.165) is 12.8 Å². The Kier molecular flexibility index (Phi) is 18.8. The van der Waals surface area contributed by atoms with Crippen LogP contribution in [0.5, 0.6) is 11.5 Å². The van der Waals surface area contributed by atoms with E-state index in [9.17, 15) is 4.57 Å². The molecule has 2 aromatic carbocycles. The van der Waals surface area contributed by atoms with E-state index in [4.69, 9.17) is 9.05 Å². The minimum atomic E-state index is -2.24. The second-order valence-electron chi connectivity index (χ2n) is 9.44. The Morgan fingerprint density at radius 2 is 0.829 bits per heavy atom. The molecular formula is C30H46CoO3P+4. The summed E-state index contributed by atoms with van der Waals surface area (Å²) >= 11 is 0. The number of hydrogen-bond donors (Lipinski definition) is 0. The molecule has 5 heteroatoms. The van der Waals surface area contributed by atoms with Gasteiger partial charge in [-0.15, -0.1) is 0 Å². The molecular weight excluding hydrogens is 498 g/mol. The van der Waals surface area contributed by atoms with Gasteiger partial charge in [0, 0.05) is 4.57 Å². The Balaban J connectivity index is 0.00000612. The molecule has 0 amide bonds. The van der Waals surface area contributed by atoms with E-state index in [2.05, 4.69) is 38.1 Å². The minimum Gasteiger partial charge on any atom is -0.222 e. The van der Waals surface area contributed by atoms with Crippen LogP contribution in [-0.2, 0) is 34.2 Å². The first-order valence-electron chi connectivity index (χ1n) is 13.7. The van der Waals surface area contributed by atoms with Crippen LogP contribution < -0.4 is 9.05 Å². The molecule has 0 aliphatic heterocycles. The van der Waals surface area contributed by atoms with Crippen molar-refractivity contribution < 1.29 is 30.4 Å². The molecule has 35 heavy (non-hydrogen) atoms. The van der Waals surface area contributed by atoms with Gasteiger partial charge in [0.2, 0.25) is 0 Å². The first-order valence-corrected chi connectivity index (χ1v) is 14.8.